The maximum Gasteiger partial charge on any atom is 0.274 e. The SMILES string of the molecule is Cc1ccc(-c2cc(C(=O)NC(Cc3ccccc3)C(=O)NC(C)C)no2)cc1C. The molecule has 3 aromatic rings. The van der Waals surface area contributed by atoms with Crippen LogP contribution in [-0.2, 0) is 11.2 Å². The van der Waals surface area contributed by atoms with Crippen molar-refractivity contribution < 1.29 is 14.1 Å². The fourth-order valence-corrected chi connectivity index (χ4v) is 3.09. The van der Waals surface area contributed by atoms with Crippen LogP contribution in [0.2, 0.25) is 0 Å². The van der Waals surface area contributed by atoms with E-state index in [0.29, 0.717) is 12.2 Å². The van der Waals surface area contributed by atoms with Gasteiger partial charge >= 0.3 is 0 Å². The molecule has 30 heavy (non-hydrogen) atoms. The Bertz CT molecular complexity index is 1030. The molecule has 0 saturated heterocycles. The second kappa shape index (κ2) is 9.39. The Morgan fingerprint density at radius 1 is 0.967 bits per heavy atom. The van der Waals surface area contributed by atoms with Crippen LogP contribution in [0.4, 0.5) is 0 Å². The average Bonchev–Trinajstić information content (AvgIpc) is 3.20. The van der Waals surface area contributed by atoms with E-state index in [4.69, 9.17) is 4.52 Å². The topological polar surface area (TPSA) is 84.2 Å². The van der Waals surface area contributed by atoms with E-state index in [1.807, 2.05) is 76.2 Å². The van der Waals surface area contributed by atoms with Crippen LogP contribution >= 0.6 is 0 Å². The smallest absolute Gasteiger partial charge is 0.274 e. The monoisotopic (exact) mass is 405 g/mol. The summed E-state index contributed by atoms with van der Waals surface area (Å²) in [4.78, 5) is 25.4. The Morgan fingerprint density at radius 3 is 2.37 bits per heavy atom. The Morgan fingerprint density at radius 2 is 1.70 bits per heavy atom. The van der Waals surface area contributed by atoms with Crippen molar-refractivity contribution >= 4 is 11.8 Å². The zero-order chi connectivity index (χ0) is 21.7. The normalized spacial score (nSPS) is 11.9. The standard InChI is InChI=1S/C24H27N3O3/c1-15(2)25-23(28)20(13-18-8-6-5-7-9-18)26-24(29)21-14-22(30-27-21)19-11-10-16(3)17(4)12-19/h5-12,14-15,20H,13H2,1-4H3,(H,25,28)(H,26,29). The number of aromatic nitrogens is 1. The van der Waals surface area contributed by atoms with Crippen molar-refractivity contribution in [2.75, 3.05) is 0 Å². The first-order valence-electron chi connectivity index (χ1n) is 10.0. The number of nitrogens with zero attached hydrogens (tertiary/aromatic N) is 1. The molecule has 0 aliphatic carbocycles. The zero-order valence-electron chi connectivity index (χ0n) is 17.7. The van der Waals surface area contributed by atoms with Crippen molar-refractivity contribution in [3.05, 3.63) is 77.0 Å². The Labute approximate surface area is 176 Å². The zero-order valence-corrected chi connectivity index (χ0v) is 17.7. The molecule has 1 unspecified atom stereocenters. The highest BCUT2D eigenvalue weighted by atomic mass is 16.5. The van der Waals surface area contributed by atoms with E-state index in [0.717, 1.165) is 16.7 Å². The van der Waals surface area contributed by atoms with Gasteiger partial charge < -0.3 is 15.2 Å². The summed E-state index contributed by atoms with van der Waals surface area (Å²) >= 11 is 0. The summed E-state index contributed by atoms with van der Waals surface area (Å²) in [5.74, 6) is -0.178. The van der Waals surface area contributed by atoms with E-state index >= 15 is 0 Å². The Kier molecular flexibility index (Phi) is 6.67. The fourth-order valence-electron chi connectivity index (χ4n) is 3.09. The molecule has 0 radical (unpaired) electrons. The summed E-state index contributed by atoms with van der Waals surface area (Å²) in [7, 11) is 0. The third kappa shape index (κ3) is 5.35. The highest BCUT2D eigenvalue weighted by molar-refractivity contribution is 5.96. The summed E-state index contributed by atoms with van der Waals surface area (Å²) in [6.07, 6.45) is 0.382. The van der Waals surface area contributed by atoms with Gasteiger partial charge in [-0.25, -0.2) is 0 Å². The third-order valence-electron chi connectivity index (χ3n) is 4.87. The summed E-state index contributed by atoms with van der Waals surface area (Å²) in [5, 5.41) is 9.57. The van der Waals surface area contributed by atoms with E-state index in [1.165, 1.54) is 5.56 Å². The maximum absolute atomic E-state index is 12.8. The predicted octanol–water partition coefficient (Wildman–Crippen LogP) is 3.82. The molecule has 0 aliphatic rings. The van der Waals surface area contributed by atoms with Crippen LogP contribution in [0.25, 0.3) is 11.3 Å². The van der Waals surface area contributed by atoms with Gasteiger partial charge in [0.05, 0.1) is 0 Å². The lowest BCUT2D eigenvalue weighted by Gasteiger charge is -2.19. The second-order valence-corrected chi connectivity index (χ2v) is 7.75. The molecule has 2 aromatic carbocycles. The minimum Gasteiger partial charge on any atom is -0.355 e. The van der Waals surface area contributed by atoms with Crippen LogP contribution in [0.5, 0.6) is 0 Å². The Balaban J connectivity index is 1.77. The molecule has 2 N–H and O–H groups in total. The molecule has 0 aliphatic heterocycles. The van der Waals surface area contributed by atoms with Crippen molar-refractivity contribution in [2.45, 2.75) is 46.2 Å². The van der Waals surface area contributed by atoms with Gasteiger partial charge in [0.15, 0.2) is 11.5 Å². The second-order valence-electron chi connectivity index (χ2n) is 7.75. The summed E-state index contributed by atoms with van der Waals surface area (Å²) in [5.41, 5.74) is 4.25. The molecule has 3 rings (SSSR count). The number of nitrogens with one attached hydrogen (secondary N) is 2. The minimum atomic E-state index is -0.718. The number of rotatable bonds is 7. The van der Waals surface area contributed by atoms with Crippen LogP contribution in [-0.4, -0.2) is 29.1 Å². The number of amides is 2. The molecule has 2 amide bonds. The maximum atomic E-state index is 12.8. The molecule has 6 heteroatoms. The van der Waals surface area contributed by atoms with Crippen LogP contribution in [0.15, 0.2) is 59.1 Å². The van der Waals surface area contributed by atoms with Crippen molar-refractivity contribution in [3.8, 4) is 11.3 Å². The third-order valence-corrected chi connectivity index (χ3v) is 4.87. The first-order chi connectivity index (χ1) is 14.3. The van der Waals surface area contributed by atoms with E-state index in [-0.39, 0.29) is 17.6 Å². The van der Waals surface area contributed by atoms with Crippen molar-refractivity contribution in [1.29, 1.82) is 0 Å². The predicted molar refractivity (Wildman–Crippen MR) is 116 cm³/mol. The number of carbonyl (C=O) groups excluding carboxylic acids is 2. The molecule has 0 fully saturated rings. The van der Waals surface area contributed by atoms with Gasteiger partial charge in [0, 0.05) is 24.1 Å². The number of hydrogen-bond acceptors (Lipinski definition) is 4. The van der Waals surface area contributed by atoms with E-state index in [9.17, 15) is 9.59 Å². The summed E-state index contributed by atoms with van der Waals surface area (Å²) < 4.78 is 5.38. The van der Waals surface area contributed by atoms with Gasteiger partial charge in [-0.05, 0) is 50.5 Å². The van der Waals surface area contributed by atoms with Crippen LogP contribution in [0, 0.1) is 13.8 Å². The van der Waals surface area contributed by atoms with Crippen LogP contribution < -0.4 is 10.6 Å². The number of hydrogen-bond donors (Lipinski definition) is 2. The van der Waals surface area contributed by atoms with Gasteiger partial charge in [-0.3, -0.25) is 9.59 Å². The molecule has 1 heterocycles. The van der Waals surface area contributed by atoms with Gasteiger partial charge in [-0.1, -0.05) is 47.6 Å². The molecule has 0 spiro atoms. The first kappa shape index (κ1) is 21.3. The quantitative estimate of drug-likeness (QED) is 0.626. The molecule has 0 bridgehead atoms. The van der Waals surface area contributed by atoms with Crippen molar-refractivity contribution in [3.63, 3.8) is 0 Å². The van der Waals surface area contributed by atoms with Crippen molar-refractivity contribution in [2.24, 2.45) is 0 Å². The van der Waals surface area contributed by atoms with Crippen LogP contribution in [0.1, 0.15) is 41.0 Å². The molecule has 0 saturated carbocycles. The molecule has 6 nitrogen and oxygen atoms in total. The molecule has 156 valence electrons. The van der Waals surface area contributed by atoms with Gasteiger partial charge in [-0.2, -0.15) is 0 Å². The highest BCUT2D eigenvalue weighted by Crippen LogP contribution is 2.23. The van der Waals surface area contributed by atoms with E-state index in [1.54, 1.807) is 6.07 Å². The molecular formula is C24H27N3O3. The van der Waals surface area contributed by atoms with E-state index < -0.39 is 11.9 Å². The lowest BCUT2D eigenvalue weighted by Crippen LogP contribution is -2.49. The van der Waals surface area contributed by atoms with Gasteiger partial charge in [0.2, 0.25) is 5.91 Å². The van der Waals surface area contributed by atoms with Gasteiger partial charge in [0.25, 0.3) is 5.91 Å². The van der Waals surface area contributed by atoms with Crippen molar-refractivity contribution in [1.82, 2.24) is 15.8 Å². The number of carbonyl (C=O) groups is 2. The fraction of sp³-hybridized carbons (Fsp3) is 0.292. The summed E-state index contributed by atoms with van der Waals surface area (Å²) in [6.45, 7) is 7.82. The summed E-state index contributed by atoms with van der Waals surface area (Å²) in [6, 6.07) is 16.3. The first-order valence-corrected chi connectivity index (χ1v) is 10.0. The molecule has 1 atom stereocenters. The van der Waals surface area contributed by atoms with Gasteiger partial charge in [0.1, 0.15) is 6.04 Å². The lowest BCUT2D eigenvalue weighted by molar-refractivity contribution is -0.123. The lowest BCUT2D eigenvalue weighted by atomic mass is 10.0. The molecule has 1 aromatic heterocycles. The Hall–Kier alpha value is -3.41. The average molecular weight is 405 g/mol. The highest BCUT2D eigenvalue weighted by Gasteiger charge is 2.24. The number of aryl methyl sites for hydroxylation is 2. The number of benzene rings is 2. The van der Waals surface area contributed by atoms with Gasteiger partial charge in [-0.15, -0.1) is 0 Å². The van der Waals surface area contributed by atoms with E-state index in [2.05, 4.69) is 15.8 Å². The van der Waals surface area contributed by atoms with Crippen LogP contribution in [0.3, 0.4) is 0 Å². The minimum absolute atomic E-state index is 0.0314. The largest absolute Gasteiger partial charge is 0.355 e. The molecular weight excluding hydrogens is 378 g/mol.